The molecule has 0 radical (unpaired) electrons. The quantitative estimate of drug-likeness (QED) is 0.778. The summed E-state index contributed by atoms with van der Waals surface area (Å²) < 4.78 is 18.7. The van der Waals surface area contributed by atoms with Gasteiger partial charge in [0.1, 0.15) is 11.9 Å². The Hall–Kier alpha value is -1.58. The van der Waals surface area contributed by atoms with Gasteiger partial charge in [0.05, 0.1) is 7.11 Å². The first-order valence-electron chi connectivity index (χ1n) is 7.98. The van der Waals surface area contributed by atoms with E-state index in [1.54, 1.807) is 12.1 Å². The first kappa shape index (κ1) is 16.8. The van der Waals surface area contributed by atoms with Crippen LogP contribution in [0.4, 0.5) is 10.1 Å². The van der Waals surface area contributed by atoms with Gasteiger partial charge in [-0.1, -0.05) is 20.3 Å². The van der Waals surface area contributed by atoms with Crippen LogP contribution in [0, 0.1) is 5.82 Å². The van der Waals surface area contributed by atoms with Gasteiger partial charge in [-0.2, -0.15) is 0 Å². The standard InChI is InChI=1S/C18H26FNO2/c1-6-7-16(17(21)22-5)20-15-9-8-13(19)10-14(15)12(2)11-18(20,3)4/h8-10,12,16H,6-7,11H2,1-5H3. The molecule has 0 saturated heterocycles. The van der Waals surface area contributed by atoms with E-state index in [0.717, 1.165) is 30.5 Å². The molecule has 4 heteroatoms. The van der Waals surface area contributed by atoms with Crippen molar-refractivity contribution < 1.29 is 13.9 Å². The third kappa shape index (κ3) is 2.96. The summed E-state index contributed by atoms with van der Waals surface area (Å²) in [4.78, 5) is 14.4. The molecule has 3 nitrogen and oxygen atoms in total. The van der Waals surface area contributed by atoms with Gasteiger partial charge in [0.25, 0.3) is 0 Å². The number of carbonyl (C=O) groups excluding carboxylic acids is 1. The lowest BCUT2D eigenvalue weighted by Gasteiger charge is -2.50. The van der Waals surface area contributed by atoms with Crippen LogP contribution >= 0.6 is 0 Å². The van der Waals surface area contributed by atoms with Gasteiger partial charge < -0.3 is 9.64 Å². The predicted molar refractivity (Wildman–Crippen MR) is 86.7 cm³/mol. The molecule has 2 unspecified atom stereocenters. The third-order valence-corrected chi connectivity index (χ3v) is 4.58. The lowest BCUT2D eigenvalue weighted by atomic mass is 9.78. The summed E-state index contributed by atoms with van der Waals surface area (Å²) in [5, 5.41) is 0. The molecule has 1 heterocycles. The topological polar surface area (TPSA) is 29.5 Å². The highest BCUT2D eigenvalue weighted by atomic mass is 19.1. The number of rotatable bonds is 4. The number of fused-ring (bicyclic) bond motifs is 1. The second-order valence-corrected chi connectivity index (χ2v) is 6.82. The van der Waals surface area contributed by atoms with Gasteiger partial charge in [-0.25, -0.2) is 9.18 Å². The van der Waals surface area contributed by atoms with Gasteiger partial charge in [0, 0.05) is 11.2 Å². The number of hydrogen-bond donors (Lipinski definition) is 0. The van der Waals surface area contributed by atoms with Crippen molar-refractivity contribution in [1.82, 2.24) is 0 Å². The van der Waals surface area contributed by atoms with Crippen LogP contribution in [0.1, 0.15) is 58.4 Å². The molecule has 0 saturated carbocycles. The lowest BCUT2D eigenvalue weighted by Crippen LogP contribution is -2.56. The first-order valence-corrected chi connectivity index (χ1v) is 7.98. The summed E-state index contributed by atoms with van der Waals surface area (Å²) in [6.45, 7) is 8.45. The smallest absolute Gasteiger partial charge is 0.328 e. The number of nitrogens with zero attached hydrogens (tertiary/aromatic N) is 1. The van der Waals surface area contributed by atoms with E-state index in [0.29, 0.717) is 0 Å². The summed E-state index contributed by atoms with van der Waals surface area (Å²) in [5.41, 5.74) is 1.75. The van der Waals surface area contributed by atoms with E-state index in [1.807, 2.05) is 0 Å². The molecule has 122 valence electrons. The Morgan fingerprint density at radius 2 is 2.18 bits per heavy atom. The highest BCUT2D eigenvalue weighted by molar-refractivity contribution is 5.81. The number of esters is 1. The molecule has 0 spiro atoms. The van der Waals surface area contributed by atoms with Crippen LogP contribution in [-0.4, -0.2) is 24.7 Å². The van der Waals surface area contributed by atoms with Gasteiger partial charge >= 0.3 is 5.97 Å². The number of anilines is 1. The number of carbonyl (C=O) groups is 1. The summed E-state index contributed by atoms with van der Waals surface area (Å²) in [7, 11) is 1.43. The molecular weight excluding hydrogens is 281 g/mol. The largest absolute Gasteiger partial charge is 0.467 e. The molecule has 2 atom stereocenters. The molecule has 1 aliphatic heterocycles. The Balaban J connectivity index is 2.56. The Morgan fingerprint density at radius 1 is 1.50 bits per heavy atom. The van der Waals surface area contributed by atoms with E-state index < -0.39 is 0 Å². The minimum Gasteiger partial charge on any atom is -0.467 e. The summed E-state index contributed by atoms with van der Waals surface area (Å²) in [6, 6.07) is 4.54. The molecular formula is C18H26FNO2. The average Bonchev–Trinajstić information content (AvgIpc) is 2.45. The van der Waals surface area contributed by atoms with Crippen molar-refractivity contribution in [1.29, 1.82) is 0 Å². The molecule has 0 fully saturated rings. The molecule has 0 amide bonds. The summed E-state index contributed by atoms with van der Waals surface area (Å²) >= 11 is 0. The second-order valence-electron chi connectivity index (χ2n) is 6.82. The molecule has 0 aliphatic carbocycles. The van der Waals surface area contributed by atoms with Crippen LogP contribution in [0.15, 0.2) is 18.2 Å². The minimum atomic E-state index is -0.332. The molecule has 0 N–H and O–H groups in total. The number of methoxy groups -OCH3 is 1. The molecule has 0 bridgehead atoms. The highest BCUT2D eigenvalue weighted by Gasteiger charge is 2.42. The average molecular weight is 307 g/mol. The number of halogens is 1. The van der Waals surface area contributed by atoms with Gasteiger partial charge in [-0.15, -0.1) is 0 Å². The van der Waals surface area contributed by atoms with E-state index >= 15 is 0 Å². The fourth-order valence-electron chi connectivity index (χ4n) is 3.77. The molecule has 22 heavy (non-hydrogen) atoms. The van der Waals surface area contributed by atoms with Crippen molar-refractivity contribution >= 4 is 11.7 Å². The Labute approximate surface area is 132 Å². The Kier molecular flexibility index (Phi) is 4.78. The highest BCUT2D eigenvalue weighted by Crippen LogP contribution is 2.45. The van der Waals surface area contributed by atoms with E-state index in [-0.39, 0.29) is 29.3 Å². The second kappa shape index (κ2) is 6.27. The van der Waals surface area contributed by atoms with Crippen molar-refractivity contribution in [2.45, 2.75) is 64.5 Å². The maximum Gasteiger partial charge on any atom is 0.328 e. The normalized spacial score (nSPS) is 21.2. The van der Waals surface area contributed by atoms with Crippen LogP contribution < -0.4 is 4.90 Å². The van der Waals surface area contributed by atoms with E-state index in [1.165, 1.54) is 13.2 Å². The van der Waals surface area contributed by atoms with E-state index in [2.05, 4.69) is 32.6 Å². The number of hydrogen-bond acceptors (Lipinski definition) is 3. The lowest BCUT2D eigenvalue weighted by molar-refractivity contribution is -0.142. The number of ether oxygens (including phenoxy) is 1. The Morgan fingerprint density at radius 3 is 2.77 bits per heavy atom. The van der Waals surface area contributed by atoms with Gasteiger partial charge in [-0.3, -0.25) is 0 Å². The maximum absolute atomic E-state index is 13.7. The van der Waals surface area contributed by atoms with Gasteiger partial charge in [0.2, 0.25) is 0 Å². The zero-order chi connectivity index (χ0) is 16.5. The van der Waals surface area contributed by atoms with Crippen LogP contribution in [0.5, 0.6) is 0 Å². The monoisotopic (exact) mass is 307 g/mol. The summed E-state index contributed by atoms with van der Waals surface area (Å²) in [6.07, 6.45) is 2.49. The van der Waals surface area contributed by atoms with Crippen LogP contribution in [0.25, 0.3) is 0 Å². The van der Waals surface area contributed by atoms with Crippen molar-refractivity contribution in [3.05, 3.63) is 29.6 Å². The van der Waals surface area contributed by atoms with Crippen molar-refractivity contribution in [3.8, 4) is 0 Å². The predicted octanol–water partition coefficient (Wildman–Crippen LogP) is 4.26. The molecule has 1 aromatic carbocycles. The molecule has 1 aromatic rings. The Bertz CT molecular complexity index is 556. The SMILES string of the molecule is CCCC(C(=O)OC)N1c2ccc(F)cc2C(C)CC1(C)C. The first-order chi connectivity index (χ1) is 10.3. The van der Waals surface area contributed by atoms with Crippen molar-refractivity contribution in [3.63, 3.8) is 0 Å². The fraction of sp³-hybridized carbons (Fsp3) is 0.611. The summed E-state index contributed by atoms with van der Waals surface area (Å²) in [5.74, 6) is -0.188. The van der Waals surface area contributed by atoms with Crippen LogP contribution in [0.2, 0.25) is 0 Å². The third-order valence-electron chi connectivity index (χ3n) is 4.58. The van der Waals surface area contributed by atoms with Crippen molar-refractivity contribution in [2.75, 3.05) is 12.0 Å². The van der Waals surface area contributed by atoms with Crippen molar-refractivity contribution in [2.24, 2.45) is 0 Å². The molecule has 0 aromatic heterocycles. The van der Waals surface area contributed by atoms with Crippen LogP contribution in [-0.2, 0) is 9.53 Å². The van der Waals surface area contributed by atoms with Gasteiger partial charge in [0.15, 0.2) is 0 Å². The fourth-order valence-corrected chi connectivity index (χ4v) is 3.77. The molecule has 2 rings (SSSR count). The van der Waals surface area contributed by atoms with Gasteiger partial charge in [-0.05, 0) is 56.4 Å². The van der Waals surface area contributed by atoms with E-state index in [4.69, 9.17) is 4.74 Å². The van der Waals surface area contributed by atoms with E-state index in [9.17, 15) is 9.18 Å². The maximum atomic E-state index is 13.7. The molecule has 1 aliphatic rings. The zero-order valence-electron chi connectivity index (χ0n) is 14.1. The minimum absolute atomic E-state index is 0.182. The zero-order valence-corrected chi connectivity index (χ0v) is 14.1. The number of benzene rings is 1. The van der Waals surface area contributed by atoms with Crippen LogP contribution in [0.3, 0.4) is 0 Å².